The normalized spacial score (nSPS) is 14.9. The van der Waals surface area contributed by atoms with E-state index in [2.05, 4.69) is 0 Å². The molecule has 2 N–H and O–H groups in total. The van der Waals surface area contributed by atoms with Gasteiger partial charge in [-0.15, -0.1) is 0 Å². The summed E-state index contributed by atoms with van der Waals surface area (Å²) in [6.45, 7) is 2.38. The van der Waals surface area contributed by atoms with Crippen molar-refractivity contribution in [1.82, 2.24) is 0 Å². The largest absolute Gasteiger partial charge is 0.461 e. The van der Waals surface area contributed by atoms with E-state index in [4.69, 9.17) is 14.9 Å². The summed E-state index contributed by atoms with van der Waals surface area (Å²) in [5.74, 6) is 0.0743. The fourth-order valence-electron chi connectivity index (χ4n) is 1.34. The second-order valence-electron chi connectivity index (χ2n) is 3.58. The molecule has 0 aromatic carbocycles. The number of methoxy groups -OCH3 is 1. The fourth-order valence-corrected chi connectivity index (χ4v) is 1.34. The van der Waals surface area contributed by atoms with Crippen LogP contribution in [0.4, 0.5) is 0 Å². The molecule has 4 heteroatoms. The van der Waals surface area contributed by atoms with E-state index >= 15 is 0 Å². The molecule has 84 valence electrons. The van der Waals surface area contributed by atoms with E-state index in [9.17, 15) is 4.79 Å². The summed E-state index contributed by atoms with van der Waals surface area (Å²) < 4.78 is 9.95. The van der Waals surface area contributed by atoms with Crippen molar-refractivity contribution in [1.29, 1.82) is 0 Å². The molecule has 1 heterocycles. The Bertz CT molecular complexity index is 295. The zero-order chi connectivity index (χ0) is 11.3. The Balaban J connectivity index is 2.52. The van der Waals surface area contributed by atoms with Gasteiger partial charge in [0.2, 0.25) is 5.78 Å². The molecule has 1 rings (SSSR count). The maximum atomic E-state index is 11.8. The van der Waals surface area contributed by atoms with Crippen LogP contribution in [0.15, 0.2) is 22.8 Å². The van der Waals surface area contributed by atoms with Crippen LogP contribution in [0.5, 0.6) is 0 Å². The second-order valence-corrected chi connectivity index (χ2v) is 3.58. The van der Waals surface area contributed by atoms with Crippen molar-refractivity contribution < 1.29 is 13.9 Å². The number of ketones is 1. The number of nitrogens with two attached hydrogens (primary N) is 1. The molecule has 0 aliphatic carbocycles. The Kier molecular flexibility index (Phi) is 4.52. The van der Waals surface area contributed by atoms with Gasteiger partial charge in [-0.05, 0) is 18.6 Å². The van der Waals surface area contributed by atoms with Crippen LogP contribution in [0.3, 0.4) is 0 Å². The molecule has 15 heavy (non-hydrogen) atoms. The first-order valence-electron chi connectivity index (χ1n) is 4.99. The second kappa shape index (κ2) is 5.68. The number of carbonyl (C=O) groups excluding carboxylic acids is 1. The molecule has 4 nitrogen and oxygen atoms in total. The molecule has 0 fully saturated rings. The first kappa shape index (κ1) is 11.9. The zero-order valence-corrected chi connectivity index (χ0v) is 9.10. The molecule has 1 aromatic rings. The van der Waals surface area contributed by atoms with Crippen molar-refractivity contribution in [3.8, 4) is 0 Å². The van der Waals surface area contributed by atoms with Crippen molar-refractivity contribution >= 4 is 5.78 Å². The third-order valence-corrected chi connectivity index (χ3v) is 2.48. The Morgan fingerprint density at radius 1 is 1.67 bits per heavy atom. The van der Waals surface area contributed by atoms with Gasteiger partial charge in [0.25, 0.3) is 0 Å². The van der Waals surface area contributed by atoms with Crippen LogP contribution >= 0.6 is 0 Å². The van der Waals surface area contributed by atoms with Gasteiger partial charge in [-0.2, -0.15) is 0 Å². The first-order chi connectivity index (χ1) is 7.16. The Morgan fingerprint density at radius 3 is 2.93 bits per heavy atom. The third kappa shape index (κ3) is 3.18. The predicted molar refractivity (Wildman–Crippen MR) is 56.7 cm³/mol. The van der Waals surface area contributed by atoms with Crippen LogP contribution < -0.4 is 5.73 Å². The summed E-state index contributed by atoms with van der Waals surface area (Å²) in [6.07, 6.45) is 2.16. The lowest BCUT2D eigenvalue weighted by Crippen LogP contribution is -2.34. The number of Topliss-reactive ketones (excluding diaryl/α,β-unsaturated/α-hetero) is 1. The molecule has 0 aliphatic heterocycles. The van der Waals surface area contributed by atoms with E-state index in [0.29, 0.717) is 18.8 Å². The minimum Gasteiger partial charge on any atom is -0.461 e. The van der Waals surface area contributed by atoms with Gasteiger partial charge in [0, 0.05) is 25.7 Å². The first-order valence-corrected chi connectivity index (χ1v) is 4.99. The Morgan fingerprint density at radius 2 is 2.40 bits per heavy atom. The average Bonchev–Trinajstić information content (AvgIpc) is 2.77. The molecule has 0 saturated carbocycles. The number of furan rings is 1. The zero-order valence-electron chi connectivity index (χ0n) is 9.10. The van der Waals surface area contributed by atoms with Crippen LogP contribution in [0.1, 0.15) is 23.9 Å². The highest BCUT2D eigenvalue weighted by atomic mass is 16.5. The maximum absolute atomic E-state index is 11.8. The van der Waals surface area contributed by atoms with Gasteiger partial charge in [-0.1, -0.05) is 6.92 Å². The van der Waals surface area contributed by atoms with E-state index < -0.39 is 0 Å². The van der Waals surface area contributed by atoms with Crippen molar-refractivity contribution in [3.63, 3.8) is 0 Å². The van der Waals surface area contributed by atoms with Gasteiger partial charge in [-0.25, -0.2) is 0 Å². The SMILES string of the molecule is COCCC(N)C(C)C(=O)c1ccco1. The van der Waals surface area contributed by atoms with Crippen LogP contribution in [0.25, 0.3) is 0 Å². The third-order valence-electron chi connectivity index (χ3n) is 2.48. The monoisotopic (exact) mass is 211 g/mol. The van der Waals surface area contributed by atoms with Crippen LogP contribution in [-0.4, -0.2) is 25.5 Å². The Labute approximate surface area is 89.4 Å². The fraction of sp³-hybridized carbons (Fsp3) is 0.545. The van der Waals surface area contributed by atoms with Gasteiger partial charge < -0.3 is 14.9 Å². The van der Waals surface area contributed by atoms with Crippen molar-refractivity contribution in [2.24, 2.45) is 11.7 Å². The molecule has 2 atom stereocenters. The quantitative estimate of drug-likeness (QED) is 0.723. The topological polar surface area (TPSA) is 65.5 Å². The maximum Gasteiger partial charge on any atom is 0.202 e. The molecule has 0 amide bonds. The Hall–Kier alpha value is -1.13. The van der Waals surface area contributed by atoms with Crippen LogP contribution in [0, 0.1) is 5.92 Å². The molecular weight excluding hydrogens is 194 g/mol. The van der Waals surface area contributed by atoms with E-state index in [0.717, 1.165) is 0 Å². The van der Waals surface area contributed by atoms with Gasteiger partial charge in [-0.3, -0.25) is 4.79 Å². The van der Waals surface area contributed by atoms with Crippen LogP contribution in [-0.2, 0) is 4.74 Å². The minimum atomic E-state index is -0.244. The lowest BCUT2D eigenvalue weighted by molar-refractivity contribution is 0.0870. The molecule has 0 spiro atoms. The van der Waals surface area contributed by atoms with Crippen molar-refractivity contribution in [2.75, 3.05) is 13.7 Å². The summed E-state index contributed by atoms with van der Waals surface area (Å²) in [7, 11) is 1.62. The number of hydrogen-bond donors (Lipinski definition) is 1. The molecule has 0 radical (unpaired) electrons. The summed E-state index contributed by atoms with van der Waals surface area (Å²) in [5, 5.41) is 0. The standard InChI is InChI=1S/C11H17NO3/c1-8(9(12)5-7-14-2)11(13)10-4-3-6-15-10/h3-4,6,8-9H,5,7,12H2,1-2H3. The van der Waals surface area contributed by atoms with Gasteiger partial charge in [0.1, 0.15) is 0 Å². The molecular formula is C11H17NO3. The average molecular weight is 211 g/mol. The lowest BCUT2D eigenvalue weighted by atomic mass is 9.94. The van der Waals surface area contributed by atoms with Crippen molar-refractivity contribution in [3.05, 3.63) is 24.2 Å². The van der Waals surface area contributed by atoms with E-state index in [1.165, 1.54) is 6.26 Å². The smallest absolute Gasteiger partial charge is 0.202 e. The van der Waals surface area contributed by atoms with E-state index in [1.807, 2.05) is 6.92 Å². The minimum absolute atomic E-state index is 0.0522. The number of carbonyl (C=O) groups is 1. The summed E-state index contributed by atoms with van der Waals surface area (Å²) in [4.78, 5) is 11.8. The van der Waals surface area contributed by atoms with Gasteiger partial charge >= 0.3 is 0 Å². The molecule has 0 saturated heterocycles. The summed E-state index contributed by atoms with van der Waals surface area (Å²) in [5.41, 5.74) is 5.87. The van der Waals surface area contributed by atoms with Gasteiger partial charge in [0.05, 0.1) is 6.26 Å². The number of hydrogen-bond acceptors (Lipinski definition) is 4. The van der Waals surface area contributed by atoms with Crippen LogP contribution in [0.2, 0.25) is 0 Å². The summed E-state index contributed by atoms with van der Waals surface area (Å²) >= 11 is 0. The van der Waals surface area contributed by atoms with Gasteiger partial charge in [0.15, 0.2) is 5.76 Å². The molecule has 2 unspecified atom stereocenters. The molecule has 0 aliphatic rings. The van der Waals surface area contributed by atoms with E-state index in [-0.39, 0.29) is 17.7 Å². The predicted octanol–water partition coefficient (Wildman–Crippen LogP) is 1.46. The van der Waals surface area contributed by atoms with Crippen molar-refractivity contribution in [2.45, 2.75) is 19.4 Å². The lowest BCUT2D eigenvalue weighted by Gasteiger charge is -2.17. The molecule has 1 aromatic heterocycles. The highest BCUT2D eigenvalue weighted by molar-refractivity contribution is 5.95. The number of ether oxygens (including phenoxy) is 1. The highest BCUT2D eigenvalue weighted by Crippen LogP contribution is 2.13. The summed E-state index contributed by atoms with van der Waals surface area (Å²) in [6, 6.07) is 3.16. The highest BCUT2D eigenvalue weighted by Gasteiger charge is 2.23. The molecule has 0 bridgehead atoms. The van der Waals surface area contributed by atoms with E-state index in [1.54, 1.807) is 19.2 Å². The number of rotatable bonds is 6.